The van der Waals surface area contributed by atoms with Crippen LogP contribution in [0.1, 0.15) is 5.56 Å². The molecule has 0 aliphatic heterocycles. The molecule has 148 valence electrons. The van der Waals surface area contributed by atoms with Crippen molar-refractivity contribution in [3.05, 3.63) is 69.0 Å². The highest BCUT2D eigenvalue weighted by atomic mass is 19.4. The Morgan fingerprint density at radius 1 is 1.11 bits per heavy atom. The Hall–Kier alpha value is -2.98. The number of fused-ring (bicyclic) bond motifs is 1. The van der Waals surface area contributed by atoms with Gasteiger partial charge in [-0.3, -0.25) is 9.36 Å². The summed E-state index contributed by atoms with van der Waals surface area (Å²) in [7, 11) is 0. The monoisotopic (exact) mass is 395 g/mol. The van der Waals surface area contributed by atoms with Crippen LogP contribution >= 0.6 is 0 Å². The lowest BCUT2D eigenvalue weighted by Gasteiger charge is -2.15. The van der Waals surface area contributed by atoms with E-state index in [0.29, 0.717) is 0 Å². The Bertz CT molecular complexity index is 1110. The van der Waals surface area contributed by atoms with Crippen molar-refractivity contribution in [1.82, 2.24) is 14.1 Å². The first-order chi connectivity index (χ1) is 13.3. The maximum absolute atomic E-state index is 13.1. The molecule has 1 aromatic carbocycles. The van der Waals surface area contributed by atoms with Gasteiger partial charge in [-0.05, 0) is 30.3 Å². The van der Waals surface area contributed by atoms with Crippen molar-refractivity contribution in [2.45, 2.75) is 12.7 Å². The number of aliphatic hydroxyl groups is 1. The molecule has 28 heavy (non-hydrogen) atoms. The lowest BCUT2D eigenvalue weighted by molar-refractivity contribution is -0.137. The van der Waals surface area contributed by atoms with Gasteiger partial charge in [0.05, 0.1) is 43.0 Å². The average Bonchev–Trinajstić information content (AvgIpc) is 2.67. The molecule has 0 saturated carbocycles. The Balaban J connectivity index is 2.22. The number of halogens is 3. The van der Waals surface area contributed by atoms with Crippen molar-refractivity contribution >= 4 is 11.0 Å². The van der Waals surface area contributed by atoms with E-state index in [-0.39, 0.29) is 43.1 Å². The molecule has 0 amide bonds. The van der Waals surface area contributed by atoms with E-state index in [1.807, 2.05) is 0 Å². The van der Waals surface area contributed by atoms with Crippen LogP contribution in [0.15, 0.2) is 52.2 Å². The third-order valence-corrected chi connectivity index (χ3v) is 4.02. The van der Waals surface area contributed by atoms with Gasteiger partial charge in [0.2, 0.25) is 0 Å². The third-order valence-electron chi connectivity index (χ3n) is 4.02. The fourth-order valence-electron chi connectivity index (χ4n) is 2.76. The zero-order chi connectivity index (χ0) is 20.3. The molecule has 0 aliphatic carbocycles. The molecule has 3 rings (SSSR count). The molecule has 0 unspecified atom stereocenters. The first-order valence-electron chi connectivity index (χ1n) is 8.31. The van der Waals surface area contributed by atoms with E-state index in [9.17, 15) is 22.8 Å². The summed E-state index contributed by atoms with van der Waals surface area (Å²) in [5.41, 5.74) is -2.48. The number of aromatic nitrogens is 3. The molecule has 2 aromatic heterocycles. The van der Waals surface area contributed by atoms with Gasteiger partial charge in [0.1, 0.15) is 0 Å². The molecule has 10 heteroatoms. The zero-order valence-corrected chi connectivity index (χ0v) is 14.5. The number of alkyl halides is 3. The van der Waals surface area contributed by atoms with Crippen LogP contribution in [-0.4, -0.2) is 39.0 Å². The summed E-state index contributed by atoms with van der Waals surface area (Å²) in [6, 6.07) is 7.17. The largest absolute Gasteiger partial charge is 0.416 e. The summed E-state index contributed by atoms with van der Waals surface area (Å²) in [4.78, 5) is 29.6. The third kappa shape index (κ3) is 3.82. The van der Waals surface area contributed by atoms with Gasteiger partial charge in [-0.25, -0.2) is 14.3 Å². The van der Waals surface area contributed by atoms with E-state index in [2.05, 4.69) is 4.98 Å². The van der Waals surface area contributed by atoms with Crippen LogP contribution in [0.25, 0.3) is 16.7 Å². The number of hydrogen-bond acceptors (Lipinski definition) is 5. The van der Waals surface area contributed by atoms with E-state index in [0.717, 1.165) is 21.3 Å². The van der Waals surface area contributed by atoms with E-state index >= 15 is 0 Å². The number of aliphatic hydroxyl groups excluding tert-OH is 1. The first-order valence-corrected chi connectivity index (χ1v) is 8.31. The van der Waals surface area contributed by atoms with Crippen LogP contribution in [0, 0.1) is 0 Å². The molecule has 0 bridgehead atoms. The normalized spacial score (nSPS) is 11.9. The van der Waals surface area contributed by atoms with Gasteiger partial charge in [0, 0.05) is 6.20 Å². The molecule has 0 spiro atoms. The number of rotatable bonds is 6. The quantitative estimate of drug-likeness (QED) is 0.641. The van der Waals surface area contributed by atoms with Gasteiger partial charge in [0.15, 0.2) is 5.65 Å². The van der Waals surface area contributed by atoms with Crippen molar-refractivity contribution in [2.24, 2.45) is 0 Å². The molecule has 0 radical (unpaired) electrons. The molecule has 0 saturated heterocycles. The van der Waals surface area contributed by atoms with E-state index in [4.69, 9.17) is 9.84 Å². The van der Waals surface area contributed by atoms with Crippen molar-refractivity contribution in [3.63, 3.8) is 0 Å². The zero-order valence-electron chi connectivity index (χ0n) is 14.5. The standard InChI is InChI=1S/C18H16F3N3O4/c19-18(20,21)12-3-1-4-13(11-12)24-15-14(5-2-6-22-15)16(26)23(17(24)27)7-9-28-10-8-25/h1-6,11,25H,7-10H2. The SMILES string of the molecule is O=c1c2cccnc2n(-c2cccc(C(F)(F)F)c2)c(=O)n1CCOCCO. The number of nitrogens with zero attached hydrogens (tertiary/aromatic N) is 3. The summed E-state index contributed by atoms with van der Waals surface area (Å²) in [6.45, 7) is -0.331. The minimum Gasteiger partial charge on any atom is -0.394 e. The molecule has 1 N–H and O–H groups in total. The van der Waals surface area contributed by atoms with Gasteiger partial charge in [-0.1, -0.05) is 6.07 Å². The Morgan fingerprint density at radius 3 is 2.61 bits per heavy atom. The highest BCUT2D eigenvalue weighted by Crippen LogP contribution is 2.30. The maximum atomic E-state index is 13.1. The Kier molecular flexibility index (Phi) is 5.61. The van der Waals surface area contributed by atoms with Crippen molar-refractivity contribution < 1.29 is 23.0 Å². The summed E-state index contributed by atoms with van der Waals surface area (Å²) in [6.07, 6.45) is -3.24. The topological polar surface area (TPSA) is 86.4 Å². The number of hydrogen-bond donors (Lipinski definition) is 1. The number of ether oxygens (including phenoxy) is 1. The fourth-order valence-corrected chi connectivity index (χ4v) is 2.76. The molecule has 0 atom stereocenters. The highest BCUT2D eigenvalue weighted by molar-refractivity contribution is 5.75. The minimum absolute atomic E-state index is 0.0237. The van der Waals surface area contributed by atoms with E-state index in [1.165, 1.54) is 30.5 Å². The van der Waals surface area contributed by atoms with Gasteiger partial charge < -0.3 is 9.84 Å². The lowest BCUT2D eigenvalue weighted by Crippen LogP contribution is -2.40. The van der Waals surface area contributed by atoms with Crippen molar-refractivity contribution in [3.8, 4) is 5.69 Å². The van der Waals surface area contributed by atoms with Crippen molar-refractivity contribution in [2.75, 3.05) is 19.8 Å². The van der Waals surface area contributed by atoms with Gasteiger partial charge >= 0.3 is 11.9 Å². The van der Waals surface area contributed by atoms with Gasteiger partial charge in [-0.2, -0.15) is 13.2 Å². The summed E-state index contributed by atoms with van der Waals surface area (Å²) >= 11 is 0. The second-order valence-corrected chi connectivity index (χ2v) is 5.83. The number of pyridine rings is 1. The van der Waals surface area contributed by atoms with Crippen LogP contribution in [0.5, 0.6) is 0 Å². The Labute approximate surface area is 156 Å². The van der Waals surface area contributed by atoms with E-state index < -0.39 is 23.0 Å². The summed E-state index contributed by atoms with van der Waals surface area (Å²) in [5, 5.41) is 8.82. The lowest BCUT2D eigenvalue weighted by atomic mass is 10.2. The summed E-state index contributed by atoms with van der Waals surface area (Å²) in [5.74, 6) is 0. The predicted molar refractivity (Wildman–Crippen MR) is 94.5 cm³/mol. The van der Waals surface area contributed by atoms with E-state index in [1.54, 1.807) is 0 Å². The van der Waals surface area contributed by atoms with Crippen LogP contribution < -0.4 is 11.2 Å². The second kappa shape index (κ2) is 7.95. The fraction of sp³-hybridized carbons (Fsp3) is 0.278. The smallest absolute Gasteiger partial charge is 0.394 e. The molecular weight excluding hydrogens is 379 g/mol. The van der Waals surface area contributed by atoms with Gasteiger partial charge in [0.25, 0.3) is 5.56 Å². The van der Waals surface area contributed by atoms with Crippen molar-refractivity contribution in [1.29, 1.82) is 0 Å². The van der Waals surface area contributed by atoms with Crippen LogP contribution in [0.4, 0.5) is 13.2 Å². The first kappa shape index (κ1) is 19.8. The molecular formula is C18H16F3N3O4. The number of benzene rings is 1. The molecule has 2 heterocycles. The minimum atomic E-state index is -4.59. The Morgan fingerprint density at radius 2 is 1.89 bits per heavy atom. The second-order valence-electron chi connectivity index (χ2n) is 5.83. The molecule has 0 aliphatic rings. The highest BCUT2D eigenvalue weighted by Gasteiger charge is 2.31. The summed E-state index contributed by atoms with van der Waals surface area (Å²) < 4.78 is 46.2. The van der Waals surface area contributed by atoms with Gasteiger partial charge in [-0.15, -0.1) is 0 Å². The molecule has 3 aromatic rings. The maximum Gasteiger partial charge on any atom is 0.416 e. The van der Waals surface area contributed by atoms with Crippen LogP contribution in [0.2, 0.25) is 0 Å². The predicted octanol–water partition coefficient (Wildman–Crippen LogP) is 1.58. The average molecular weight is 395 g/mol. The van der Waals surface area contributed by atoms with Crippen LogP contribution in [0.3, 0.4) is 0 Å². The molecule has 7 nitrogen and oxygen atoms in total. The molecule has 0 fully saturated rings. The van der Waals surface area contributed by atoms with Crippen LogP contribution in [-0.2, 0) is 17.5 Å².